The summed E-state index contributed by atoms with van der Waals surface area (Å²) in [4.78, 5) is 13.2. The molecule has 0 radical (unpaired) electrons. The molecule has 6 heteroatoms. The lowest BCUT2D eigenvalue weighted by atomic mass is 9.87. The second-order valence-corrected chi connectivity index (χ2v) is 10.9. The lowest BCUT2D eigenvalue weighted by Crippen LogP contribution is -2.57. The van der Waals surface area contributed by atoms with Crippen LogP contribution in [0.5, 0.6) is 0 Å². The highest BCUT2D eigenvalue weighted by molar-refractivity contribution is 5.86. The maximum absolute atomic E-state index is 13.2. The van der Waals surface area contributed by atoms with Gasteiger partial charge >= 0.3 is 0 Å². The highest BCUT2D eigenvalue weighted by Crippen LogP contribution is 2.29. The Kier molecular flexibility index (Phi) is 6.94. The van der Waals surface area contributed by atoms with Crippen molar-refractivity contribution < 1.29 is 9.28 Å². The number of Topliss-reactive ketones (excluding diaryl/α,β-unsaturated/α-hetero) is 1. The van der Waals surface area contributed by atoms with Gasteiger partial charge in [0.2, 0.25) is 0 Å². The largest absolute Gasteiger partial charge is 0.323 e. The molecule has 3 aromatic rings. The van der Waals surface area contributed by atoms with E-state index in [1.165, 1.54) is 17.6 Å². The average Bonchev–Trinajstić information content (AvgIpc) is 3.19. The molecule has 0 spiro atoms. The van der Waals surface area contributed by atoms with Crippen molar-refractivity contribution in [1.82, 2.24) is 20.0 Å². The second kappa shape index (κ2) is 9.72. The number of fused-ring (bicyclic) bond motifs is 1. The van der Waals surface area contributed by atoms with Crippen LogP contribution >= 0.6 is 0 Å². The van der Waals surface area contributed by atoms with E-state index in [4.69, 9.17) is 0 Å². The lowest BCUT2D eigenvalue weighted by molar-refractivity contribution is -0.938. The second-order valence-electron chi connectivity index (χ2n) is 10.9. The molecule has 1 saturated heterocycles. The van der Waals surface area contributed by atoms with E-state index in [2.05, 4.69) is 49.1 Å². The van der Waals surface area contributed by atoms with Gasteiger partial charge in [0.05, 0.1) is 50.0 Å². The number of aryl methyl sites for hydroxylation is 1. The van der Waals surface area contributed by atoms with Crippen LogP contribution in [-0.2, 0) is 18.3 Å². The molecule has 0 bridgehead atoms. The van der Waals surface area contributed by atoms with Crippen molar-refractivity contribution in [2.75, 3.05) is 26.2 Å². The molecule has 176 valence electrons. The van der Waals surface area contributed by atoms with Crippen LogP contribution in [0, 0.1) is 17.8 Å². The summed E-state index contributed by atoms with van der Waals surface area (Å²) in [6.07, 6.45) is 6.22. The number of ketones is 1. The van der Waals surface area contributed by atoms with Crippen LogP contribution in [-0.4, -0.2) is 56.4 Å². The number of carbonyl (C=O) groups is 1. The third-order valence-electron chi connectivity index (χ3n) is 6.89. The van der Waals surface area contributed by atoms with E-state index in [-0.39, 0.29) is 5.92 Å². The maximum atomic E-state index is 13.2. The maximum Gasteiger partial charge on any atom is 0.142 e. The summed E-state index contributed by atoms with van der Waals surface area (Å²) in [7, 11) is 1.92. The summed E-state index contributed by atoms with van der Waals surface area (Å²) in [6.45, 7) is 13.9. The van der Waals surface area contributed by atoms with Gasteiger partial charge in [-0.1, -0.05) is 33.8 Å². The molecule has 0 unspecified atom stereocenters. The number of rotatable bonds is 8. The normalized spacial score (nSPS) is 16.7. The van der Waals surface area contributed by atoms with Gasteiger partial charge in [-0.05, 0) is 23.8 Å². The summed E-state index contributed by atoms with van der Waals surface area (Å²) in [5, 5.41) is 14.0. The summed E-state index contributed by atoms with van der Waals surface area (Å²) in [5.41, 5.74) is 3.78. The molecule has 0 aliphatic carbocycles. The molecule has 1 aromatic carbocycles. The quantitative estimate of drug-likeness (QED) is 0.470. The topological polar surface area (TPSA) is 60.7 Å². The van der Waals surface area contributed by atoms with Gasteiger partial charge in [-0.25, -0.2) is 0 Å². The van der Waals surface area contributed by atoms with Gasteiger partial charge in [-0.3, -0.25) is 9.48 Å². The standard InChI is InChI=1S/C27H38N5O/c1-19(2)17-32(18-20(3)4)10-8-21(9-11-32)27(33)14-25-13-23-12-22(6-7-26(23)30-29-25)24-15-28-31(5)16-24/h6-7,12-13,15-16,19-21H,8-11,14,17-18H2,1-5H3/q+1. The minimum Gasteiger partial charge on any atom is -0.323 e. The fourth-order valence-corrected chi connectivity index (χ4v) is 5.67. The number of aromatic nitrogens is 4. The number of likely N-dealkylation sites (tertiary alicyclic amines) is 1. The number of hydrogen-bond donors (Lipinski definition) is 0. The van der Waals surface area contributed by atoms with Gasteiger partial charge in [-0.15, -0.1) is 0 Å². The zero-order valence-corrected chi connectivity index (χ0v) is 20.8. The number of hydrogen-bond acceptors (Lipinski definition) is 4. The predicted octanol–water partition coefficient (Wildman–Crippen LogP) is 4.68. The van der Waals surface area contributed by atoms with Crippen molar-refractivity contribution in [2.24, 2.45) is 24.8 Å². The zero-order chi connectivity index (χ0) is 23.6. The van der Waals surface area contributed by atoms with E-state index in [1.807, 2.05) is 37.6 Å². The molecule has 4 rings (SSSR count). The van der Waals surface area contributed by atoms with E-state index in [1.54, 1.807) is 4.68 Å². The summed E-state index contributed by atoms with van der Waals surface area (Å²) >= 11 is 0. The van der Waals surface area contributed by atoms with Crippen LogP contribution < -0.4 is 0 Å². The van der Waals surface area contributed by atoms with Crippen molar-refractivity contribution in [2.45, 2.75) is 47.0 Å². The highest BCUT2D eigenvalue weighted by atomic mass is 16.1. The zero-order valence-electron chi connectivity index (χ0n) is 20.8. The van der Waals surface area contributed by atoms with E-state index in [0.29, 0.717) is 24.0 Å². The van der Waals surface area contributed by atoms with E-state index >= 15 is 0 Å². The molecular weight excluding hydrogens is 410 g/mol. The predicted molar refractivity (Wildman–Crippen MR) is 133 cm³/mol. The van der Waals surface area contributed by atoms with Crippen LogP contribution in [0.25, 0.3) is 22.0 Å². The first-order chi connectivity index (χ1) is 15.7. The van der Waals surface area contributed by atoms with E-state index in [9.17, 15) is 4.79 Å². The fourth-order valence-electron chi connectivity index (χ4n) is 5.67. The van der Waals surface area contributed by atoms with Crippen LogP contribution in [0.4, 0.5) is 0 Å². The Hall–Kier alpha value is -2.60. The summed E-state index contributed by atoms with van der Waals surface area (Å²) in [6, 6.07) is 8.16. The number of carbonyl (C=O) groups excluding carboxylic acids is 1. The van der Waals surface area contributed by atoms with Gasteiger partial charge in [0.15, 0.2) is 0 Å². The SMILES string of the molecule is CC(C)C[N+]1(CC(C)C)CCC(C(=O)Cc2cc3cc(-c4cnn(C)c4)ccc3nn2)CC1. The van der Waals surface area contributed by atoms with Gasteiger partial charge in [0, 0.05) is 54.8 Å². The molecule has 0 saturated carbocycles. The van der Waals surface area contributed by atoms with Crippen molar-refractivity contribution in [3.63, 3.8) is 0 Å². The number of quaternary nitrogens is 1. The van der Waals surface area contributed by atoms with E-state index in [0.717, 1.165) is 53.7 Å². The van der Waals surface area contributed by atoms with Crippen molar-refractivity contribution in [1.29, 1.82) is 0 Å². The number of benzene rings is 1. The minimum atomic E-state index is 0.148. The molecule has 6 nitrogen and oxygen atoms in total. The molecule has 2 aromatic heterocycles. The molecule has 1 fully saturated rings. The first-order valence-corrected chi connectivity index (χ1v) is 12.4. The fraction of sp³-hybridized carbons (Fsp3) is 0.556. The van der Waals surface area contributed by atoms with E-state index < -0.39 is 0 Å². The molecule has 3 heterocycles. The first-order valence-electron chi connectivity index (χ1n) is 12.4. The molecule has 0 atom stereocenters. The third-order valence-corrected chi connectivity index (χ3v) is 6.89. The highest BCUT2D eigenvalue weighted by Gasteiger charge is 2.37. The Balaban J connectivity index is 1.44. The van der Waals surface area contributed by atoms with Crippen molar-refractivity contribution in [3.05, 3.63) is 42.4 Å². The van der Waals surface area contributed by atoms with Crippen LogP contribution in [0.3, 0.4) is 0 Å². The Morgan fingerprint density at radius 1 is 1.03 bits per heavy atom. The monoisotopic (exact) mass is 448 g/mol. The molecule has 1 aliphatic rings. The minimum absolute atomic E-state index is 0.148. The van der Waals surface area contributed by atoms with Crippen LogP contribution in [0.15, 0.2) is 36.7 Å². The number of nitrogens with zero attached hydrogens (tertiary/aromatic N) is 5. The Morgan fingerprint density at radius 2 is 1.73 bits per heavy atom. The summed E-state index contributed by atoms with van der Waals surface area (Å²) < 4.78 is 2.97. The summed E-state index contributed by atoms with van der Waals surface area (Å²) in [5.74, 6) is 1.83. The van der Waals surface area contributed by atoms with Crippen molar-refractivity contribution >= 4 is 16.7 Å². The smallest absolute Gasteiger partial charge is 0.142 e. The van der Waals surface area contributed by atoms with Crippen LogP contribution in [0.1, 0.15) is 46.2 Å². The number of piperidine rings is 1. The molecular formula is C27H38N5O+. The van der Waals surface area contributed by atoms with Gasteiger partial charge in [0.1, 0.15) is 5.78 Å². The Labute approximate surface area is 197 Å². The molecule has 0 amide bonds. The van der Waals surface area contributed by atoms with Crippen molar-refractivity contribution in [3.8, 4) is 11.1 Å². The van der Waals surface area contributed by atoms with Gasteiger partial charge in [0.25, 0.3) is 0 Å². The van der Waals surface area contributed by atoms with Gasteiger partial charge in [-0.2, -0.15) is 15.3 Å². The average molecular weight is 449 g/mol. The Bertz CT molecular complexity index is 1100. The Morgan fingerprint density at radius 3 is 2.33 bits per heavy atom. The van der Waals surface area contributed by atoms with Crippen LogP contribution in [0.2, 0.25) is 0 Å². The lowest BCUT2D eigenvalue weighted by Gasteiger charge is -2.45. The molecule has 1 aliphatic heterocycles. The van der Waals surface area contributed by atoms with Gasteiger partial charge < -0.3 is 4.48 Å². The third kappa shape index (κ3) is 5.67. The first kappa shape index (κ1) is 23.6. The molecule has 0 N–H and O–H groups in total. The molecule has 33 heavy (non-hydrogen) atoms.